The summed E-state index contributed by atoms with van der Waals surface area (Å²) in [5.41, 5.74) is 5.22. The summed E-state index contributed by atoms with van der Waals surface area (Å²) in [4.78, 5) is 25.5. The van der Waals surface area contributed by atoms with Gasteiger partial charge in [0, 0.05) is 43.3 Å². The fraction of sp³-hybridized carbons (Fsp3) is 0.440. The molecule has 31 heavy (non-hydrogen) atoms. The number of anilines is 1. The summed E-state index contributed by atoms with van der Waals surface area (Å²) in [6, 6.07) is 12.4. The molecule has 162 valence electrons. The van der Waals surface area contributed by atoms with E-state index in [1.807, 2.05) is 12.1 Å². The van der Waals surface area contributed by atoms with Gasteiger partial charge in [0.2, 0.25) is 5.91 Å². The van der Waals surface area contributed by atoms with Crippen molar-refractivity contribution in [2.24, 2.45) is 5.92 Å². The van der Waals surface area contributed by atoms with E-state index >= 15 is 0 Å². The zero-order valence-electron chi connectivity index (χ0n) is 18.0. The van der Waals surface area contributed by atoms with Gasteiger partial charge in [-0.1, -0.05) is 17.7 Å². The lowest BCUT2D eigenvalue weighted by Crippen LogP contribution is -2.44. The fourth-order valence-corrected chi connectivity index (χ4v) is 5.11. The van der Waals surface area contributed by atoms with Gasteiger partial charge in [-0.2, -0.15) is 0 Å². The van der Waals surface area contributed by atoms with Crippen LogP contribution in [0.3, 0.4) is 0 Å². The van der Waals surface area contributed by atoms with Gasteiger partial charge in [0.05, 0.1) is 16.1 Å². The molecule has 0 unspecified atom stereocenters. The fourth-order valence-electron chi connectivity index (χ4n) is 4.90. The minimum atomic E-state index is 0.166. The Balaban J connectivity index is 1.32. The van der Waals surface area contributed by atoms with E-state index in [-0.39, 0.29) is 5.92 Å². The molecule has 1 amide bonds. The number of nitrogens with one attached hydrogen (secondary N) is 1. The molecule has 0 saturated carbocycles. The summed E-state index contributed by atoms with van der Waals surface area (Å²) < 4.78 is 0. The molecule has 0 radical (unpaired) electrons. The van der Waals surface area contributed by atoms with Crippen LogP contribution >= 0.6 is 11.6 Å². The lowest BCUT2D eigenvalue weighted by atomic mass is 9.94. The first-order chi connectivity index (χ1) is 15.1. The molecule has 2 aromatic carbocycles. The van der Waals surface area contributed by atoms with E-state index in [4.69, 9.17) is 16.6 Å². The van der Waals surface area contributed by atoms with Gasteiger partial charge in [0.15, 0.2) is 0 Å². The highest BCUT2D eigenvalue weighted by atomic mass is 35.5. The number of carbonyl (C=O) groups excluding carboxylic acids is 1. The number of piperidine rings is 2. The van der Waals surface area contributed by atoms with Crippen molar-refractivity contribution < 1.29 is 4.79 Å². The third kappa shape index (κ3) is 4.16. The molecular weight excluding hydrogens is 408 g/mol. The van der Waals surface area contributed by atoms with Gasteiger partial charge in [-0.05, 0) is 74.9 Å². The Morgan fingerprint density at radius 1 is 1.03 bits per heavy atom. The van der Waals surface area contributed by atoms with Crippen LogP contribution in [0.15, 0.2) is 36.4 Å². The van der Waals surface area contributed by atoms with E-state index in [1.165, 1.54) is 12.0 Å². The second-order valence-electron chi connectivity index (χ2n) is 8.92. The molecule has 0 spiro atoms. The van der Waals surface area contributed by atoms with Crippen molar-refractivity contribution in [1.82, 2.24) is 14.9 Å². The molecule has 0 aliphatic carbocycles. The number of rotatable bonds is 3. The zero-order valence-corrected chi connectivity index (χ0v) is 18.8. The number of likely N-dealkylation sites (tertiary alicyclic amines) is 1. The summed E-state index contributed by atoms with van der Waals surface area (Å²) in [7, 11) is 0. The van der Waals surface area contributed by atoms with Gasteiger partial charge >= 0.3 is 0 Å². The minimum Gasteiger partial charge on any atom is -0.371 e. The summed E-state index contributed by atoms with van der Waals surface area (Å²) in [6.45, 7) is 5.75. The van der Waals surface area contributed by atoms with Crippen LogP contribution in [0.2, 0.25) is 5.02 Å². The molecule has 5 nitrogen and oxygen atoms in total. The third-order valence-corrected chi connectivity index (χ3v) is 7.05. The number of nitrogens with zero attached hydrogens (tertiary/aromatic N) is 3. The predicted octanol–water partition coefficient (Wildman–Crippen LogP) is 5.42. The summed E-state index contributed by atoms with van der Waals surface area (Å²) in [5, 5.41) is 0.690. The lowest BCUT2D eigenvalue weighted by molar-refractivity contribution is -0.137. The summed E-state index contributed by atoms with van der Waals surface area (Å²) in [5.74, 6) is 1.33. The van der Waals surface area contributed by atoms with Gasteiger partial charge in [-0.3, -0.25) is 4.79 Å². The maximum atomic E-state index is 12.9. The maximum Gasteiger partial charge on any atom is 0.225 e. The number of fused-ring (bicyclic) bond motifs is 1. The number of aromatic nitrogens is 2. The number of aromatic amines is 1. The van der Waals surface area contributed by atoms with Gasteiger partial charge in [-0.15, -0.1) is 0 Å². The highest BCUT2D eigenvalue weighted by Crippen LogP contribution is 2.33. The number of carbonyl (C=O) groups is 1. The van der Waals surface area contributed by atoms with Gasteiger partial charge in [0.1, 0.15) is 5.82 Å². The van der Waals surface area contributed by atoms with E-state index in [9.17, 15) is 4.79 Å². The molecule has 2 aliphatic heterocycles. The molecular formula is C25H29ClN4O. The van der Waals surface area contributed by atoms with Crippen molar-refractivity contribution in [2.45, 2.75) is 39.0 Å². The Morgan fingerprint density at radius 3 is 2.58 bits per heavy atom. The normalized spacial score (nSPS) is 18.0. The molecule has 2 fully saturated rings. The van der Waals surface area contributed by atoms with Crippen molar-refractivity contribution in [2.75, 3.05) is 31.1 Å². The molecule has 2 aliphatic rings. The average molecular weight is 437 g/mol. The maximum absolute atomic E-state index is 12.9. The first-order valence-electron chi connectivity index (χ1n) is 11.4. The molecule has 0 bridgehead atoms. The molecule has 3 heterocycles. The second-order valence-corrected chi connectivity index (χ2v) is 9.32. The molecule has 0 atom stereocenters. The van der Waals surface area contributed by atoms with Crippen LogP contribution in [-0.2, 0) is 4.79 Å². The minimum absolute atomic E-state index is 0.166. The number of hydrogen-bond donors (Lipinski definition) is 1. The summed E-state index contributed by atoms with van der Waals surface area (Å²) >= 11 is 6.55. The van der Waals surface area contributed by atoms with Crippen LogP contribution in [0.25, 0.3) is 22.4 Å². The smallest absolute Gasteiger partial charge is 0.225 e. The Labute approximate surface area is 188 Å². The van der Waals surface area contributed by atoms with Crippen molar-refractivity contribution in [1.29, 1.82) is 0 Å². The SMILES string of the molecule is Cc1ccc2nc(-c3cc(N4CCC(C(=O)N5CCCCC5)CC4)ccc3Cl)[nH]c2c1. The Bertz CT molecular complexity index is 1090. The van der Waals surface area contributed by atoms with Gasteiger partial charge < -0.3 is 14.8 Å². The molecule has 2 saturated heterocycles. The number of benzene rings is 2. The van der Waals surface area contributed by atoms with Crippen molar-refractivity contribution >= 4 is 34.2 Å². The number of H-pyrrole nitrogens is 1. The zero-order chi connectivity index (χ0) is 21.4. The van der Waals surface area contributed by atoms with Crippen LogP contribution in [0.5, 0.6) is 0 Å². The number of halogens is 1. The standard InChI is InChI=1S/C25H29ClN4O/c1-17-5-8-22-23(15-17)28-24(27-22)20-16-19(6-7-21(20)26)29-13-9-18(10-14-29)25(31)30-11-3-2-4-12-30/h5-8,15-16,18H,2-4,9-14H2,1H3,(H,27,28). The quantitative estimate of drug-likeness (QED) is 0.596. The lowest BCUT2D eigenvalue weighted by Gasteiger charge is -2.36. The Hall–Kier alpha value is -2.53. The van der Waals surface area contributed by atoms with E-state index < -0.39 is 0 Å². The van der Waals surface area contributed by atoms with E-state index in [0.29, 0.717) is 10.9 Å². The van der Waals surface area contributed by atoms with Crippen molar-refractivity contribution in [3.05, 3.63) is 47.0 Å². The highest BCUT2D eigenvalue weighted by molar-refractivity contribution is 6.33. The molecule has 1 N–H and O–H groups in total. The monoisotopic (exact) mass is 436 g/mol. The summed E-state index contributed by atoms with van der Waals surface area (Å²) in [6.07, 6.45) is 5.39. The van der Waals surface area contributed by atoms with Crippen LogP contribution in [-0.4, -0.2) is 47.0 Å². The van der Waals surface area contributed by atoms with Crippen LogP contribution < -0.4 is 4.90 Å². The van der Waals surface area contributed by atoms with E-state index in [1.54, 1.807) is 0 Å². The Morgan fingerprint density at radius 2 is 1.81 bits per heavy atom. The van der Waals surface area contributed by atoms with E-state index in [2.05, 4.69) is 46.0 Å². The van der Waals surface area contributed by atoms with Crippen LogP contribution in [0, 0.1) is 12.8 Å². The van der Waals surface area contributed by atoms with Crippen molar-refractivity contribution in [3.8, 4) is 11.4 Å². The van der Waals surface area contributed by atoms with Crippen molar-refractivity contribution in [3.63, 3.8) is 0 Å². The molecule has 6 heteroatoms. The highest BCUT2D eigenvalue weighted by Gasteiger charge is 2.29. The average Bonchev–Trinajstić information content (AvgIpc) is 3.22. The number of imidazole rings is 1. The predicted molar refractivity (Wildman–Crippen MR) is 127 cm³/mol. The topological polar surface area (TPSA) is 52.2 Å². The largest absolute Gasteiger partial charge is 0.371 e. The number of amides is 1. The van der Waals surface area contributed by atoms with Crippen LogP contribution in [0.4, 0.5) is 5.69 Å². The number of hydrogen-bond acceptors (Lipinski definition) is 3. The second kappa shape index (κ2) is 8.54. The number of aryl methyl sites for hydroxylation is 1. The Kier molecular flexibility index (Phi) is 5.61. The molecule has 5 rings (SSSR count). The first kappa shape index (κ1) is 20.4. The van der Waals surface area contributed by atoms with Crippen LogP contribution in [0.1, 0.15) is 37.7 Å². The molecule has 3 aromatic rings. The molecule has 1 aromatic heterocycles. The van der Waals surface area contributed by atoms with Gasteiger partial charge in [-0.25, -0.2) is 4.98 Å². The van der Waals surface area contributed by atoms with Gasteiger partial charge in [0.25, 0.3) is 0 Å². The third-order valence-electron chi connectivity index (χ3n) is 6.72. The van der Waals surface area contributed by atoms with E-state index in [0.717, 1.165) is 80.0 Å². The first-order valence-corrected chi connectivity index (χ1v) is 11.8.